The molecule has 2 aromatic carbocycles. The molecule has 3 aromatic rings. The number of pyridine rings is 1. The summed E-state index contributed by atoms with van der Waals surface area (Å²) in [7, 11) is -3.53. The van der Waals surface area contributed by atoms with Gasteiger partial charge in [0.2, 0.25) is 10.0 Å². The quantitative estimate of drug-likeness (QED) is 0.698. The van der Waals surface area contributed by atoms with Gasteiger partial charge in [0.05, 0.1) is 4.90 Å². The highest BCUT2D eigenvalue weighted by Gasteiger charge is 2.30. The minimum Gasteiger partial charge on any atom is -0.369 e. The van der Waals surface area contributed by atoms with Crippen LogP contribution in [0.25, 0.3) is 10.8 Å². The van der Waals surface area contributed by atoms with E-state index in [2.05, 4.69) is 41.9 Å². The summed E-state index contributed by atoms with van der Waals surface area (Å²) in [6.45, 7) is 6.54. The Balaban J connectivity index is 1.58. The molecule has 0 amide bonds. The molecular weight excluding hydrogens is 358 g/mol. The number of rotatable bonds is 3. The highest BCUT2D eigenvalue weighted by molar-refractivity contribution is 7.89. The number of hydrogen-bond acceptors (Lipinski definition) is 4. The van der Waals surface area contributed by atoms with Crippen LogP contribution in [-0.4, -0.2) is 43.9 Å². The van der Waals surface area contributed by atoms with Gasteiger partial charge >= 0.3 is 0 Å². The second-order valence-corrected chi connectivity index (χ2v) is 8.94. The molecule has 1 aliphatic heterocycles. The Kier molecular flexibility index (Phi) is 4.61. The molecular formula is C21H23N3O2S. The van der Waals surface area contributed by atoms with Crippen molar-refractivity contribution in [3.8, 4) is 0 Å². The van der Waals surface area contributed by atoms with Crippen LogP contribution in [-0.2, 0) is 10.0 Å². The fourth-order valence-corrected chi connectivity index (χ4v) is 5.42. The van der Waals surface area contributed by atoms with Crippen molar-refractivity contribution in [1.29, 1.82) is 0 Å². The van der Waals surface area contributed by atoms with Gasteiger partial charge in [0.1, 0.15) is 0 Å². The normalized spacial score (nSPS) is 16.0. The molecule has 0 N–H and O–H groups in total. The van der Waals surface area contributed by atoms with E-state index in [0.29, 0.717) is 31.1 Å². The van der Waals surface area contributed by atoms with E-state index in [-0.39, 0.29) is 0 Å². The first kappa shape index (κ1) is 17.9. The second kappa shape index (κ2) is 6.94. The topological polar surface area (TPSA) is 53.5 Å². The number of piperazine rings is 1. The zero-order valence-electron chi connectivity index (χ0n) is 15.6. The van der Waals surface area contributed by atoms with Gasteiger partial charge in [-0.05, 0) is 37.6 Å². The minimum atomic E-state index is -3.53. The van der Waals surface area contributed by atoms with Crippen molar-refractivity contribution in [2.24, 2.45) is 0 Å². The lowest BCUT2D eigenvalue weighted by Crippen LogP contribution is -2.48. The van der Waals surface area contributed by atoms with Crippen LogP contribution in [0, 0.1) is 13.8 Å². The molecule has 0 bridgehead atoms. The third-order valence-corrected chi connectivity index (χ3v) is 7.15. The van der Waals surface area contributed by atoms with Crippen LogP contribution >= 0.6 is 0 Å². The summed E-state index contributed by atoms with van der Waals surface area (Å²) in [6.07, 6.45) is 3.34. The summed E-state index contributed by atoms with van der Waals surface area (Å²) in [5.74, 6) is 0. The van der Waals surface area contributed by atoms with Gasteiger partial charge in [0, 0.05) is 55.0 Å². The Labute approximate surface area is 160 Å². The Hall–Kier alpha value is -2.44. The molecule has 1 saturated heterocycles. The van der Waals surface area contributed by atoms with Crippen molar-refractivity contribution < 1.29 is 8.42 Å². The molecule has 1 aromatic heterocycles. The number of fused-ring (bicyclic) bond motifs is 1. The number of anilines is 1. The molecule has 1 fully saturated rings. The molecule has 140 valence electrons. The summed E-state index contributed by atoms with van der Waals surface area (Å²) in [4.78, 5) is 6.73. The summed E-state index contributed by atoms with van der Waals surface area (Å²) in [5.41, 5.74) is 3.66. The Bertz CT molecular complexity index is 1080. The summed E-state index contributed by atoms with van der Waals surface area (Å²) >= 11 is 0. The number of nitrogens with zero attached hydrogens (tertiary/aromatic N) is 3. The minimum absolute atomic E-state index is 0.363. The molecule has 0 radical (unpaired) electrons. The molecule has 4 rings (SSSR count). The van der Waals surface area contributed by atoms with E-state index in [1.807, 2.05) is 6.07 Å². The van der Waals surface area contributed by atoms with Crippen molar-refractivity contribution >= 4 is 26.5 Å². The first-order valence-corrected chi connectivity index (χ1v) is 10.6. The molecule has 0 spiro atoms. The van der Waals surface area contributed by atoms with Crippen LogP contribution in [0.2, 0.25) is 0 Å². The number of hydrogen-bond donors (Lipinski definition) is 0. The second-order valence-electron chi connectivity index (χ2n) is 7.03. The summed E-state index contributed by atoms with van der Waals surface area (Å²) in [5, 5.41) is 1.57. The van der Waals surface area contributed by atoms with E-state index in [9.17, 15) is 8.42 Å². The van der Waals surface area contributed by atoms with E-state index in [1.165, 1.54) is 16.8 Å². The third kappa shape index (κ3) is 3.31. The molecule has 0 aliphatic carbocycles. The van der Waals surface area contributed by atoms with Crippen LogP contribution in [0.5, 0.6) is 0 Å². The van der Waals surface area contributed by atoms with Crippen molar-refractivity contribution in [1.82, 2.24) is 9.29 Å². The van der Waals surface area contributed by atoms with E-state index in [4.69, 9.17) is 0 Å². The fourth-order valence-electron chi connectivity index (χ4n) is 3.79. The van der Waals surface area contributed by atoms with Gasteiger partial charge in [-0.25, -0.2) is 8.42 Å². The average molecular weight is 382 g/mol. The SMILES string of the molecule is Cc1ccc(N2CCN(S(=O)(=O)c3cccc4cnccc34)CC2)c(C)c1. The molecule has 0 saturated carbocycles. The molecule has 27 heavy (non-hydrogen) atoms. The Morgan fingerprint density at radius 2 is 1.74 bits per heavy atom. The summed E-state index contributed by atoms with van der Waals surface area (Å²) in [6, 6.07) is 13.5. The average Bonchev–Trinajstić information content (AvgIpc) is 2.67. The monoisotopic (exact) mass is 381 g/mol. The lowest BCUT2D eigenvalue weighted by atomic mass is 10.1. The lowest BCUT2D eigenvalue weighted by Gasteiger charge is -2.36. The lowest BCUT2D eigenvalue weighted by molar-refractivity contribution is 0.385. The molecule has 0 atom stereocenters. The maximum absolute atomic E-state index is 13.2. The highest BCUT2D eigenvalue weighted by Crippen LogP contribution is 2.28. The molecule has 1 aliphatic rings. The Morgan fingerprint density at radius 3 is 2.48 bits per heavy atom. The van der Waals surface area contributed by atoms with Crippen LogP contribution in [0.15, 0.2) is 59.8 Å². The van der Waals surface area contributed by atoms with E-state index < -0.39 is 10.0 Å². The number of aromatic nitrogens is 1. The molecule has 0 unspecified atom stereocenters. The smallest absolute Gasteiger partial charge is 0.243 e. The van der Waals surface area contributed by atoms with Crippen LogP contribution in [0.1, 0.15) is 11.1 Å². The van der Waals surface area contributed by atoms with Gasteiger partial charge in [-0.2, -0.15) is 4.31 Å². The number of benzene rings is 2. The van der Waals surface area contributed by atoms with Crippen molar-refractivity contribution in [2.45, 2.75) is 18.7 Å². The fraction of sp³-hybridized carbons (Fsp3) is 0.286. The van der Waals surface area contributed by atoms with Gasteiger partial charge in [-0.3, -0.25) is 4.98 Å². The molecule has 6 heteroatoms. The van der Waals surface area contributed by atoms with E-state index in [1.54, 1.807) is 34.9 Å². The van der Waals surface area contributed by atoms with Crippen molar-refractivity contribution in [3.05, 3.63) is 66.0 Å². The van der Waals surface area contributed by atoms with Gasteiger partial charge in [0.25, 0.3) is 0 Å². The van der Waals surface area contributed by atoms with Gasteiger partial charge in [0.15, 0.2) is 0 Å². The van der Waals surface area contributed by atoms with Crippen LogP contribution in [0.4, 0.5) is 5.69 Å². The molecule has 2 heterocycles. The van der Waals surface area contributed by atoms with E-state index >= 15 is 0 Å². The van der Waals surface area contributed by atoms with Crippen molar-refractivity contribution in [2.75, 3.05) is 31.1 Å². The van der Waals surface area contributed by atoms with E-state index in [0.717, 1.165) is 10.8 Å². The number of sulfonamides is 1. The number of aryl methyl sites for hydroxylation is 2. The highest BCUT2D eigenvalue weighted by atomic mass is 32.2. The Morgan fingerprint density at radius 1 is 0.963 bits per heavy atom. The van der Waals surface area contributed by atoms with Crippen molar-refractivity contribution in [3.63, 3.8) is 0 Å². The zero-order valence-corrected chi connectivity index (χ0v) is 16.4. The predicted octanol–water partition coefficient (Wildman–Crippen LogP) is 3.36. The maximum Gasteiger partial charge on any atom is 0.243 e. The standard InChI is InChI=1S/C21H23N3O2S/c1-16-6-7-20(17(2)14-16)23-10-12-24(13-11-23)27(25,26)21-5-3-4-18-15-22-9-8-19(18)21/h3-9,14-15H,10-13H2,1-2H3. The predicted molar refractivity (Wildman–Crippen MR) is 109 cm³/mol. The van der Waals surface area contributed by atoms with Gasteiger partial charge < -0.3 is 4.90 Å². The van der Waals surface area contributed by atoms with Crippen LogP contribution in [0.3, 0.4) is 0 Å². The zero-order chi connectivity index (χ0) is 19.0. The van der Waals surface area contributed by atoms with Crippen LogP contribution < -0.4 is 4.90 Å². The van der Waals surface area contributed by atoms with Gasteiger partial charge in [-0.15, -0.1) is 0 Å². The largest absolute Gasteiger partial charge is 0.369 e. The summed E-state index contributed by atoms with van der Waals surface area (Å²) < 4.78 is 28.1. The maximum atomic E-state index is 13.2. The third-order valence-electron chi connectivity index (χ3n) is 5.19. The molecule has 5 nitrogen and oxygen atoms in total. The first-order chi connectivity index (χ1) is 13.0. The van der Waals surface area contributed by atoms with Gasteiger partial charge in [-0.1, -0.05) is 29.8 Å². The first-order valence-electron chi connectivity index (χ1n) is 9.12.